The molecule has 6 aromatic carbocycles. The molecule has 0 aliphatic carbocycles. The fourth-order valence-electron chi connectivity index (χ4n) is 6.40. The van der Waals surface area contributed by atoms with Crippen LogP contribution in [-0.2, 0) is 0 Å². The molecule has 0 radical (unpaired) electrons. The van der Waals surface area contributed by atoms with Gasteiger partial charge in [-0.05, 0) is 63.4 Å². The number of rotatable bonds is 3. The summed E-state index contributed by atoms with van der Waals surface area (Å²) in [6.07, 6.45) is 0. The van der Waals surface area contributed by atoms with Crippen LogP contribution in [0.25, 0.3) is 22.3 Å². The average molecular weight is 522 g/mol. The highest BCUT2D eigenvalue weighted by Gasteiger charge is 2.43. The molecule has 0 spiro atoms. The first kappa shape index (κ1) is 23.4. The molecule has 41 heavy (non-hydrogen) atoms. The summed E-state index contributed by atoms with van der Waals surface area (Å²) in [6, 6.07) is 50.9. The first-order valence-electron chi connectivity index (χ1n) is 13.8. The molecule has 0 amide bonds. The Balaban J connectivity index is 1.51. The van der Waals surface area contributed by atoms with Crippen LogP contribution in [0.15, 0.2) is 140 Å². The summed E-state index contributed by atoms with van der Waals surface area (Å²) in [7, 11) is 0. The van der Waals surface area contributed by atoms with Crippen molar-refractivity contribution in [3.05, 3.63) is 145 Å². The minimum absolute atomic E-state index is 0.0829. The van der Waals surface area contributed by atoms with E-state index >= 15 is 0 Å². The number of hydrogen-bond donors (Lipinski definition) is 0. The molecule has 8 rings (SSSR count). The van der Waals surface area contributed by atoms with Gasteiger partial charge in [0.2, 0.25) is 0 Å². The van der Waals surface area contributed by atoms with Gasteiger partial charge in [0.15, 0.2) is 0 Å². The third-order valence-electron chi connectivity index (χ3n) is 8.15. The largest absolute Gasteiger partial charge is 0.457 e. The molecule has 3 nitrogen and oxygen atoms in total. The summed E-state index contributed by atoms with van der Waals surface area (Å²) in [5, 5.41) is 10.0. The van der Waals surface area contributed by atoms with Gasteiger partial charge in [-0.3, -0.25) is 0 Å². The van der Waals surface area contributed by atoms with E-state index < -0.39 is 0 Å². The number of fused-ring (bicyclic) bond motifs is 4. The third-order valence-corrected chi connectivity index (χ3v) is 8.15. The summed E-state index contributed by atoms with van der Waals surface area (Å²) in [5.41, 5.74) is 11.7. The lowest BCUT2D eigenvalue weighted by Crippen LogP contribution is -2.59. The molecule has 2 heterocycles. The maximum atomic E-state index is 10.0. The molecule has 6 aromatic rings. The predicted octanol–water partition coefficient (Wildman–Crippen LogP) is 7.30. The van der Waals surface area contributed by atoms with E-state index in [1.54, 1.807) is 0 Å². The summed E-state index contributed by atoms with van der Waals surface area (Å²) in [5.74, 6) is 1.44. The SMILES string of the molecule is N#Cc1cccc2c1Oc1cc(-c3ccccc3)cc3c1B2c1cccc(-c2ccccc2)c1N3c1ccccc1. The lowest BCUT2D eigenvalue weighted by molar-refractivity contribution is 0.486. The second-order valence-corrected chi connectivity index (χ2v) is 10.4. The maximum Gasteiger partial charge on any atom is 0.256 e. The number of benzene rings is 6. The van der Waals surface area contributed by atoms with Crippen LogP contribution in [0.3, 0.4) is 0 Å². The highest BCUT2D eigenvalue weighted by atomic mass is 16.5. The quantitative estimate of drug-likeness (QED) is 0.229. The minimum Gasteiger partial charge on any atom is -0.457 e. The number of nitriles is 1. The van der Waals surface area contributed by atoms with Gasteiger partial charge in [0, 0.05) is 22.6 Å². The molecule has 2 aliphatic rings. The minimum atomic E-state index is -0.0829. The fourth-order valence-corrected chi connectivity index (χ4v) is 6.40. The van der Waals surface area contributed by atoms with Gasteiger partial charge in [0.1, 0.15) is 17.6 Å². The zero-order valence-corrected chi connectivity index (χ0v) is 22.2. The second kappa shape index (κ2) is 9.29. The van der Waals surface area contributed by atoms with Crippen molar-refractivity contribution in [2.45, 2.75) is 0 Å². The van der Waals surface area contributed by atoms with Gasteiger partial charge in [-0.25, -0.2) is 0 Å². The molecule has 0 saturated heterocycles. The van der Waals surface area contributed by atoms with Crippen molar-refractivity contribution in [2.75, 3.05) is 4.90 Å². The molecule has 0 atom stereocenters. The van der Waals surface area contributed by atoms with Gasteiger partial charge in [0.25, 0.3) is 6.71 Å². The molecule has 4 heteroatoms. The zero-order chi connectivity index (χ0) is 27.3. The Kier molecular flexibility index (Phi) is 5.30. The van der Waals surface area contributed by atoms with Crippen LogP contribution >= 0.6 is 0 Å². The lowest BCUT2D eigenvalue weighted by atomic mass is 9.34. The van der Waals surface area contributed by atoms with Gasteiger partial charge in [-0.2, -0.15) is 5.26 Å². The molecular weight excluding hydrogens is 499 g/mol. The topological polar surface area (TPSA) is 36.3 Å². The molecule has 0 N–H and O–H groups in total. The highest BCUT2D eigenvalue weighted by Crippen LogP contribution is 2.46. The van der Waals surface area contributed by atoms with E-state index in [0.29, 0.717) is 11.3 Å². The van der Waals surface area contributed by atoms with E-state index in [4.69, 9.17) is 4.74 Å². The number of nitrogens with zero attached hydrogens (tertiary/aromatic N) is 2. The number of hydrogen-bond acceptors (Lipinski definition) is 3. The van der Waals surface area contributed by atoms with E-state index in [-0.39, 0.29) is 6.71 Å². The Morgan fingerprint density at radius 2 is 1.27 bits per heavy atom. The maximum absolute atomic E-state index is 10.0. The molecule has 0 unspecified atom stereocenters. The Morgan fingerprint density at radius 3 is 2.00 bits per heavy atom. The van der Waals surface area contributed by atoms with Crippen LogP contribution < -0.4 is 26.0 Å². The highest BCUT2D eigenvalue weighted by molar-refractivity contribution is 6.99. The summed E-state index contributed by atoms with van der Waals surface area (Å²) in [6.45, 7) is -0.0829. The van der Waals surface area contributed by atoms with Gasteiger partial charge >= 0.3 is 0 Å². The number of para-hydroxylation sites is 3. The first-order valence-corrected chi connectivity index (χ1v) is 13.8. The normalized spacial score (nSPS) is 12.5. The molecule has 190 valence electrons. The second-order valence-electron chi connectivity index (χ2n) is 10.4. The van der Waals surface area contributed by atoms with Crippen LogP contribution in [0, 0.1) is 11.3 Å². The first-order chi connectivity index (χ1) is 20.3. The zero-order valence-electron chi connectivity index (χ0n) is 22.2. The lowest BCUT2D eigenvalue weighted by Gasteiger charge is -2.41. The van der Waals surface area contributed by atoms with Crippen LogP contribution in [0.1, 0.15) is 5.56 Å². The predicted molar refractivity (Wildman–Crippen MR) is 168 cm³/mol. The van der Waals surface area contributed by atoms with Crippen molar-refractivity contribution in [1.82, 2.24) is 0 Å². The van der Waals surface area contributed by atoms with Crippen LogP contribution in [0.2, 0.25) is 0 Å². The molecule has 0 bridgehead atoms. The average Bonchev–Trinajstić information content (AvgIpc) is 3.05. The third kappa shape index (κ3) is 3.60. The van der Waals surface area contributed by atoms with E-state index in [2.05, 4.69) is 132 Å². The molecule has 2 aliphatic heterocycles. The van der Waals surface area contributed by atoms with E-state index in [1.165, 1.54) is 5.46 Å². The van der Waals surface area contributed by atoms with Crippen molar-refractivity contribution in [1.29, 1.82) is 5.26 Å². The van der Waals surface area contributed by atoms with Crippen molar-refractivity contribution < 1.29 is 4.74 Å². The molecule has 0 aromatic heterocycles. The number of anilines is 3. The molecule has 0 saturated carbocycles. The molecular formula is C37H23BN2O. The van der Waals surface area contributed by atoms with Crippen molar-refractivity contribution in [2.24, 2.45) is 0 Å². The monoisotopic (exact) mass is 522 g/mol. The smallest absolute Gasteiger partial charge is 0.256 e. The number of ether oxygens (including phenoxy) is 1. The Morgan fingerprint density at radius 1 is 0.610 bits per heavy atom. The van der Waals surface area contributed by atoms with Gasteiger partial charge in [0.05, 0.1) is 5.56 Å². The Labute approximate surface area is 239 Å². The van der Waals surface area contributed by atoms with Crippen LogP contribution in [-0.4, -0.2) is 6.71 Å². The van der Waals surface area contributed by atoms with Gasteiger partial charge in [-0.15, -0.1) is 0 Å². The van der Waals surface area contributed by atoms with E-state index in [9.17, 15) is 5.26 Å². The van der Waals surface area contributed by atoms with Crippen molar-refractivity contribution in [3.63, 3.8) is 0 Å². The van der Waals surface area contributed by atoms with Crippen molar-refractivity contribution in [3.8, 4) is 39.8 Å². The van der Waals surface area contributed by atoms with Crippen LogP contribution in [0.5, 0.6) is 11.5 Å². The summed E-state index contributed by atoms with van der Waals surface area (Å²) < 4.78 is 6.67. The summed E-state index contributed by atoms with van der Waals surface area (Å²) >= 11 is 0. The van der Waals surface area contributed by atoms with Gasteiger partial charge in [-0.1, -0.05) is 109 Å². The fraction of sp³-hybridized carbons (Fsp3) is 0. The van der Waals surface area contributed by atoms with Gasteiger partial charge < -0.3 is 9.64 Å². The Hall–Kier alpha value is -5.53. The van der Waals surface area contributed by atoms with Crippen LogP contribution in [0.4, 0.5) is 17.1 Å². The summed E-state index contributed by atoms with van der Waals surface area (Å²) in [4.78, 5) is 2.39. The van der Waals surface area contributed by atoms with Crippen molar-refractivity contribution >= 4 is 40.2 Å². The standard InChI is InChI=1S/C37H23BN2O/c39-24-27-16-10-21-32-37(27)41-34-23-28(25-12-4-1-5-13-25)22-33-35(34)38(32)31-20-11-19-30(26-14-6-2-7-15-26)36(31)40(33)29-17-8-3-9-18-29/h1-23H. The Bertz CT molecular complexity index is 1980. The molecule has 0 fully saturated rings. The van der Waals surface area contributed by atoms with E-state index in [0.717, 1.165) is 56.0 Å². The van der Waals surface area contributed by atoms with E-state index in [1.807, 2.05) is 18.2 Å².